The molecule has 1 saturated heterocycles. The van der Waals surface area contributed by atoms with Crippen molar-refractivity contribution in [3.8, 4) is 5.75 Å². The van der Waals surface area contributed by atoms with Crippen LogP contribution >= 0.6 is 0 Å². The maximum Gasteiger partial charge on any atom is 0.273 e. The molecule has 11 heteroatoms. The van der Waals surface area contributed by atoms with Gasteiger partial charge in [0.1, 0.15) is 23.8 Å². The van der Waals surface area contributed by atoms with Gasteiger partial charge < -0.3 is 31.6 Å². The van der Waals surface area contributed by atoms with Crippen LogP contribution in [0.15, 0.2) is 59.9 Å². The summed E-state index contributed by atoms with van der Waals surface area (Å²) in [6.45, 7) is -0.494. The summed E-state index contributed by atoms with van der Waals surface area (Å²) in [6, 6.07) is 12.5. The van der Waals surface area contributed by atoms with Gasteiger partial charge in [0.25, 0.3) is 17.7 Å². The van der Waals surface area contributed by atoms with Gasteiger partial charge in [0.2, 0.25) is 0 Å². The van der Waals surface area contributed by atoms with E-state index in [0.717, 1.165) is 5.56 Å². The van der Waals surface area contributed by atoms with Gasteiger partial charge in [-0.05, 0) is 17.7 Å². The summed E-state index contributed by atoms with van der Waals surface area (Å²) in [6.07, 6.45) is -0.525. The Morgan fingerprint density at radius 3 is 2.49 bits per heavy atom. The Hall–Kier alpha value is -3.99. The van der Waals surface area contributed by atoms with E-state index >= 15 is 0 Å². The minimum absolute atomic E-state index is 0.0229. The van der Waals surface area contributed by atoms with Crippen LogP contribution in [-0.4, -0.2) is 49.8 Å². The largest absolute Gasteiger partial charge is 0.496 e. The molecule has 1 heterocycles. The average Bonchev–Trinajstić information content (AvgIpc) is 2.82. The Morgan fingerprint density at radius 1 is 1.17 bits per heavy atom. The molecule has 0 aromatic heterocycles. The molecule has 1 fully saturated rings. The molecule has 7 N–H and O–H groups in total. The lowest BCUT2D eigenvalue weighted by Gasteiger charge is -2.30. The first-order chi connectivity index (χ1) is 16.6. The van der Waals surface area contributed by atoms with Crippen LogP contribution in [0.1, 0.15) is 27.9 Å². The van der Waals surface area contributed by atoms with Crippen molar-refractivity contribution in [1.29, 1.82) is 5.41 Å². The number of halogens is 2. The van der Waals surface area contributed by atoms with Gasteiger partial charge in [-0.15, -0.1) is 0 Å². The second-order valence-electron chi connectivity index (χ2n) is 8.02. The summed E-state index contributed by atoms with van der Waals surface area (Å²) in [5.74, 6) is -4.13. The number of hydrogen-bond acceptors (Lipinski definition) is 7. The van der Waals surface area contributed by atoms with Gasteiger partial charge in [0, 0.05) is 18.5 Å². The third-order valence-electron chi connectivity index (χ3n) is 5.35. The zero-order valence-corrected chi connectivity index (χ0v) is 19.1. The highest BCUT2D eigenvalue weighted by Crippen LogP contribution is 2.25. The fraction of sp³-hybridized carbons (Fsp3) is 0.292. The molecule has 0 aliphatic carbocycles. The maximum absolute atomic E-state index is 13.6. The molecule has 0 bridgehead atoms. The lowest BCUT2D eigenvalue weighted by atomic mass is 10.00. The van der Waals surface area contributed by atoms with E-state index in [1.54, 1.807) is 48.5 Å². The summed E-state index contributed by atoms with van der Waals surface area (Å²) in [5.41, 5.74) is 12.2. The Bertz CT molecular complexity index is 1130. The smallest absolute Gasteiger partial charge is 0.273 e. The normalized spacial score (nSPS) is 17.6. The van der Waals surface area contributed by atoms with Gasteiger partial charge >= 0.3 is 0 Å². The number of ether oxygens (including phenoxy) is 2. The molecule has 1 aliphatic heterocycles. The van der Waals surface area contributed by atoms with Crippen molar-refractivity contribution < 1.29 is 27.8 Å². The van der Waals surface area contributed by atoms with Crippen molar-refractivity contribution in [2.45, 2.75) is 24.9 Å². The molecule has 2 amide bonds. The van der Waals surface area contributed by atoms with E-state index in [-0.39, 0.29) is 36.2 Å². The first kappa shape index (κ1) is 25.6. The zero-order valence-electron chi connectivity index (χ0n) is 19.1. The quantitative estimate of drug-likeness (QED) is 0.268. The number of carbonyl (C=O) groups excluding carboxylic acids is 2. The van der Waals surface area contributed by atoms with E-state index in [2.05, 4.69) is 10.6 Å². The number of para-hydroxylation sites is 1. The molecule has 0 radical (unpaired) electrons. The summed E-state index contributed by atoms with van der Waals surface area (Å²) in [5, 5.41) is 13.8. The number of primary amides is 1. The Balaban J connectivity index is 1.68. The molecule has 1 atom stereocenters. The lowest BCUT2D eigenvalue weighted by Crippen LogP contribution is -2.47. The Kier molecular flexibility index (Phi) is 8.02. The first-order valence-corrected chi connectivity index (χ1v) is 10.7. The van der Waals surface area contributed by atoms with Gasteiger partial charge in [-0.3, -0.25) is 15.0 Å². The molecule has 9 nitrogen and oxygen atoms in total. The number of methoxy groups -OCH3 is 1. The van der Waals surface area contributed by atoms with E-state index in [9.17, 15) is 18.4 Å². The van der Waals surface area contributed by atoms with Crippen molar-refractivity contribution in [3.05, 3.63) is 76.6 Å². The van der Waals surface area contributed by atoms with Gasteiger partial charge in [-0.2, -0.15) is 0 Å². The number of carbonyl (C=O) groups is 2. The van der Waals surface area contributed by atoms with E-state index in [4.69, 9.17) is 26.4 Å². The van der Waals surface area contributed by atoms with Gasteiger partial charge in [-0.1, -0.05) is 36.4 Å². The van der Waals surface area contributed by atoms with Gasteiger partial charge in [0.05, 0.1) is 31.0 Å². The second-order valence-corrected chi connectivity index (χ2v) is 8.02. The topological polar surface area (TPSA) is 153 Å². The molecule has 0 saturated carbocycles. The summed E-state index contributed by atoms with van der Waals surface area (Å²) >= 11 is 0. The molecule has 1 aliphatic rings. The lowest BCUT2D eigenvalue weighted by molar-refractivity contribution is -0.124. The monoisotopic (exact) mass is 487 g/mol. The van der Waals surface area contributed by atoms with Crippen LogP contribution in [0.25, 0.3) is 0 Å². The van der Waals surface area contributed by atoms with Crippen LogP contribution in [0.2, 0.25) is 0 Å². The highest BCUT2D eigenvalue weighted by atomic mass is 19.3. The molecular weight excluding hydrogens is 460 g/mol. The molecule has 0 spiro atoms. The third kappa shape index (κ3) is 6.54. The summed E-state index contributed by atoms with van der Waals surface area (Å²) < 4.78 is 37.2. The number of alkyl halides is 2. The maximum atomic E-state index is 13.6. The second kappa shape index (κ2) is 11.0. The highest BCUT2D eigenvalue weighted by molar-refractivity contribution is 6.26. The van der Waals surface area contributed by atoms with Crippen LogP contribution in [0.5, 0.6) is 5.75 Å². The Morgan fingerprint density at radius 2 is 1.86 bits per heavy atom. The minimum Gasteiger partial charge on any atom is -0.496 e. The fourth-order valence-corrected chi connectivity index (χ4v) is 3.65. The minimum atomic E-state index is -3.02. The number of nitrogens with two attached hydrogens (primary N) is 2. The van der Waals surface area contributed by atoms with E-state index < -0.39 is 30.9 Å². The van der Waals surface area contributed by atoms with Crippen LogP contribution in [0, 0.1) is 5.41 Å². The molecule has 35 heavy (non-hydrogen) atoms. The predicted molar refractivity (Wildman–Crippen MR) is 125 cm³/mol. The van der Waals surface area contributed by atoms with Gasteiger partial charge in [0.15, 0.2) is 0 Å². The molecule has 2 aromatic carbocycles. The van der Waals surface area contributed by atoms with E-state index in [1.807, 2.05) is 0 Å². The Labute approximate surface area is 201 Å². The molecule has 186 valence electrons. The van der Waals surface area contributed by atoms with E-state index in [1.165, 1.54) is 7.11 Å². The van der Waals surface area contributed by atoms with Crippen LogP contribution in [-0.2, 0) is 16.1 Å². The number of benzene rings is 2. The fourth-order valence-electron chi connectivity index (χ4n) is 3.65. The van der Waals surface area contributed by atoms with Crippen LogP contribution in [0.4, 0.5) is 8.78 Å². The molecule has 2 aromatic rings. The van der Waals surface area contributed by atoms with Crippen molar-refractivity contribution in [2.24, 2.45) is 11.5 Å². The molecule has 3 rings (SSSR count). The number of nitrogens with one attached hydrogen (secondary N) is 3. The standard InChI is InChI=1S/C24H27F2N5O4/c1-34-18-5-3-2-4-17(18)23(33)30-11-14-6-8-15(9-7-14)20(27)19(22(29)32)21(28)31-16-10-24(25,26)13-35-12-16/h2-9,16,27,31H,10-13,28H2,1H3,(H2,29,32)(H,30,33)/b21-19+,27-20?. The summed E-state index contributed by atoms with van der Waals surface area (Å²) in [4.78, 5) is 24.5. The number of rotatable bonds is 9. The number of amides is 2. The van der Waals surface area contributed by atoms with Crippen molar-refractivity contribution >= 4 is 17.5 Å². The first-order valence-electron chi connectivity index (χ1n) is 10.7. The SMILES string of the molecule is COc1ccccc1C(=O)NCc1ccc(C(=N)/C(C(N)=O)=C(/N)NC2COCC(F)(F)C2)cc1. The zero-order chi connectivity index (χ0) is 25.6. The molecular formula is C24H27F2N5O4. The van der Waals surface area contributed by atoms with Crippen molar-refractivity contribution in [1.82, 2.24) is 10.6 Å². The highest BCUT2D eigenvalue weighted by Gasteiger charge is 2.37. The third-order valence-corrected chi connectivity index (χ3v) is 5.35. The van der Waals surface area contributed by atoms with E-state index in [0.29, 0.717) is 16.9 Å². The summed E-state index contributed by atoms with van der Waals surface area (Å²) in [7, 11) is 1.48. The van der Waals surface area contributed by atoms with Crippen LogP contribution in [0.3, 0.4) is 0 Å². The van der Waals surface area contributed by atoms with Crippen LogP contribution < -0.4 is 26.8 Å². The van der Waals surface area contributed by atoms with Crippen molar-refractivity contribution in [3.63, 3.8) is 0 Å². The average molecular weight is 488 g/mol. The predicted octanol–water partition coefficient (Wildman–Crippen LogP) is 1.66. The molecule has 1 unspecified atom stereocenters. The van der Waals surface area contributed by atoms with Gasteiger partial charge in [-0.25, -0.2) is 8.78 Å². The van der Waals surface area contributed by atoms with Crippen molar-refractivity contribution in [2.75, 3.05) is 20.3 Å². The number of hydrogen-bond donors (Lipinski definition) is 5.